The summed E-state index contributed by atoms with van der Waals surface area (Å²) in [5, 5.41) is 13.3. The molecule has 0 aliphatic heterocycles. The molecule has 0 unspecified atom stereocenters. The van der Waals surface area contributed by atoms with Gasteiger partial charge in [-0.2, -0.15) is 0 Å². The van der Waals surface area contributed by atoms with Gasteiger partial charge in [0.05, 0.1) is 0 Å². The summed E-state index contributed by atoms with van der Waals surface area (Å²) in [5.74, 6) is 0.419. The molecule has 1 rings (SSSR count). The van der Waals surface area contributed by atoms with Crippen molar-refractivity contribution in [2.75, 3.05) is 11.9 Å². The van der Waals surface area contributed by atoms with E-state index in [0.717, 1.165) is 23.4 Å². The molecular weight excluding hydrogens is 222 g/mol. The molecule has 0 amide bonds. The fraction of sp³-hybridized carbons (Fsp3) is 0.625. The van der Waals surface area contributed by atoms with E-state index in [1.54, 1.807) is 0 Å². The molecule has 2 heteroatoms. The van der Waals surface area contributed by atoms with Gasteiger partial charge in [0.2, 0.25) is 0 Å². The quantitative estimate of drug-likeness (QED) is 0.650. The molecule has 0 bridgehead atoms. The number of aryl methyl sites for hydroxylation is 1. The largest absolute Gasteiger partial charge is 0.507 e. The molecule has 0 heterocycles. The van der Waals surface area contributed by atoms with Crippen LogP contribution in [-0.2, 0) is 0 Å². The first-order chi connectivity index (χ1) is 8.66. The second kappa shape index (κ2) is 8.02. The van der Waals surface area contributed by atoms with Crippen molar-refractivity contribution < 1.29 is 5.11 Å². The molecule has 0 radical (unpaired) electrons. The summed E-state index contributed by atoms with van der Waals surface area (Å²) in [6.45, 7) is 7.13. The lowest BCUT2D eigenvalue weighted by atomic mass is 10.1. The highest BCUT2D eigenvalue weighted by atomic mass is 16.3. The molecule has 102 valence electrons. The number of phenols is 1. The van der Waals surface area contributed by atoms with Crippen LogP contribution in [0.15, 0.2) is 12.1 Å². The smallest absolute Gasteiger partial charge is 0.123 e. The molecule has 0 aromatic heterocycles. The van der Waals surface area contributed by atoms with Crippen LogP contribution in [0.4, 0.5) is 5.69 Å². The van der Waals surface area contributed by atoms with E-state index in [-0.39, 0.29) is 0 Å². The minimum atomic E-state index is 0.419. The fourth-order valence-electron chi connectivity index (χ4n) is 2.16. The Morgan fingerprint density at radius 2 is 1.67 bits per heavy atom. The zero-order valence-corrected chi connectivity index (χ0v) is 12.1. The van der Waals surface area contributed by atoms with E-state index in [9.17, 15) is 5.11 Å². The van der Waals surface area contributed by atoms with Gasteiger partial charge < -0.3 is 10.4 Å². The number of rotatable bonds is 8. The molecule has 2 nitrogen and oxygen atoms in total. The predicted octanol–water partition coefficient (Wildman–Crippen LogP) is 4.78. The molecule has 0 spiro atoms. The molecule has 0 atom stereocenters. The van der Waals surface area contributed by atoms with Crippen molar-refractivity contribution in [3.05, 3.63) is 23.3 Å². The summed E-state index contributed by atoms with van der Waals surface area (Å²) in [6, 6.07) is 4.02. The van der Waals surface area contributed by atoms with Crippen LogP contribution in [0.3, 0.4) is 0 Å². The summed E-state index contributed by atoms with van der Waals surface area (Å²) in [6.07, 6.45) is 7.87. The Kier molecular flexibility index (Phi) is 6.63. The van der Waals surface area contributed by atoms with E-state index in [1.807, 2.05) is 19.9 Å². The summed E-state index contributed by atoms with van der Waals surface area (Å²) in [5.41, 5.74) is 2.96. The van der Waals surface area contributed by atoms with Crippen molar-refractivity contribution in [1.82, 2.24) is 0 Å². The zero-order chi connectivity index (χ0) is 13.4. The predicted molar refractivity (Wildman–Crippen MR) is 79.4 cm³/mol. The third kappa shape index (κ3) is 4.59. The first-order valence-corrected chi connectivity index (χ1v) is 7.19. The first kappa shape index (κ1) is 14.9. The molecule has 0 aliphatic rings. The monoisotopic (exact) mass is 249 g/mol. The molecular formula is C16H27NO. The fourth-order valence-corrected chi connectivity index (χ4v) is 2.16. The summed E-state index contributed by atoms with van der Waals surface area (Å²) in [7, 11) is 0. The Balaban J connectivity index is 2.25. The molecule has 0 fully saturated rings. The normalized spacial score (nSPS) is 10.6. The Hall–Kier alpha value is -1.18. The van der Waals surface area contributed by atoms with Gasteiger partial charge in [-0.15, -0.1) is 0 Å². The minimum Gasteiger partial charge on any atom is -0.507 e. The van der Waals surface area contributed by atoms with E-state index in [1.165, 1.54) is 38.5 Å². The lowest BCUT2D eigenvalue weighted by molar-refractivity contribution is 0.467. The standard InChI is InChI=1S/C16H27NO/c1-4-5-6-7-8-9-12-17-15-11-10-13(2)16(18)14(15)3/h10-11,17-18H,4-9,12H2,1-3H3. The van der Waals surface area contributed by atoms with Crippen molar-refractivity contribution in [3.8, 4) is 5.75 Å². The third-order valence-electron chi connectivity index (χ3n) is 3.48. The molecule has 2 N–H and O–H groups in total. The SMILES string of the molecule is CCCCCCCCNc1ccc(C)c(O)c1C. The highest BCUT2D eigenvalue weighted by Crippen LogP contribution is 2.27. The number of aromatic hydroxyl groups is 1. The topological polar surface area (TPSA) is 32.3 Å². The van der Waals surface area contributed by atoms with Crippen molar-refractivity contribution in [1.29, 1.82) is 0 Å². The molecule has 0 saturated heterocycles. The molecule has 1 aromatic rings. The number of hydrogen-bond acceptors (Lipinski definition) is 2. The number of nitrogens with one attached hydrogen (secondary N) is 1. The van der Waals surface area contributed by atoms with E-state index in [0.29, 0.717) is 5.75 Å². The lowest BCUT2D eigenvalue weighted by Crippen LogP contribution is -2.03. The van der Waals surface area contributed by atoms with Crippen molar-refractivity contribution in [2.24, 2.45) is 0 Å². The summed E-state index contributed by atoms with van der Waals surface area (Å²) < 4.78 is 0. The van der Waals surface area contributed by atoms with Gasteiger partial charge in [0.15, 0.2) is 0 Å². The van der Waals surface area contributed by atoms with Gasteiger partial charge in [0.1, 0.15) is 5.75 Å². The maximum absolute atomic E-state index is 9.85. The lowest BCUT2D eigenvalue weighted by Gasteiger charge is -2.12. The third-order valence-corrected chi connectivity index (χ3v) is 3.48. The second-order valence-electron chi connectivity index (χ2n) is 5.10. The van der Waals surface area contributed by atoms with Crippen LogP contribution in [0.1, 0.15) is 56.6 Å². The molecule has 18 heavy (non-hydrogen) atoms. The average molecular weight is 249 g/mol. The van der Waals surface area contributed by atoms with Crippen LogP contribution in [0.2, 0.25) is 0 Å². The Bertz CT molecular complexity index is 360. The van der Waals surface area contributed by atoms with E-state index < -0.39 is 0 Å². The van der Waals surface area contributed by atoms with Crippen LogP contribution >= 0.6 is 0 Å². The van der Waals surface area contributed by atoms with Crippen LogP contribution in [0, 0.1) is 13.8 Å². The Morgan fingerprint density at radius 3 is 2.39 bits per heavy atom. The van der Waals surface area contributed by atoms with Gasteiger partial charge in [0.25, 0.3) is 0 Å². The minimum absolute atomic E-state index is 0.419. The van der Waals surface area contributed by atoms with Crippen LogP contribution in [0.5, 0.6) is 5.75 Å². The van der Waals surface area contributed by atoms with Crippen LogP contribution in [0.25, 0.3) is 0 Å². The van der Waals surface area contributed by atoms with Gasteiger partial charge in [-0.3, -0.25) is 0 Å². The maximum Gasteiger partial charge on any atom is 0.123 e. The number of unbranched alkanes of at least 4 members (excludes halogenated alkanes) is 5. The van der Waals surface area contributed by atoms with Crippen molar-refractivity contribution in [2.45, 2.75) is 59.3 Å². The molecule has 1 aromatic carbocycles. The van der Waals surface area contributed by atoms with E-state index in [2.05, 4.69) is 18.3 Å². The van der Waals surface area contributed by atoms with Gasteiger partial charge in [-0.05, 0) is 31.9 Å². The first-order valence-electron chi connectivity index (χ1n) is 7.19. The van der Waals surface area contributed by atoms with Crippen molar-refractivity contribution >= 4 is 5.69 Å². The number of anilines is 1. The Morgan fingerprint density at radius 1 is 1.00 bits per heavy atom. The van der Waals surface area contributed by atoms with Gasteiger partial charge >= 0.3 is 0 Å². The summed E-state index contributed by atoms with van der Waals surface area (Å²) in [4.78, 5) is 0. The molecule has 0 aliphatic carbocycles. The molecule has 0 saturated carbocycles. The van der Waals surface area contributed by atoms with Crippen molar-refractivity contribution in [3.63, 3.8) is 0 Å². The zero-order valence-electron chi connectivity index (χ0n) is 12.1. The van der Waals surface area contributed by atoms with Crippen LogP contribution in [-0.4, -0.2) is 11.7 Å². The second-order valence-corrected chi connectivity index (χ2v) is 5.10. The van der Waals surface area contributed by atoms with Crippen LogP contribution < -0.4 is 5.32 Å². The number of benzene rings is 1. The van der Waals surface area contributed by atoms with Gasteiger partial charge in [0, 0.05) is 17.8 Å². The number of phenolic OH excluding ortho intramolecular Hbond substituents is 1. The van der Waals surface area contributed by atoms with Gasteiger partial charge in [-0.1, -0.05) is 45.1 Å². The summed E-state index contributed by atoms with van der Waals surface area (Å²) >= 11 is 0. The van der Waals surface area contributed by atoms with E-state index in [4.69, 9.17) is 0 Å². The highest BCUT2D eigenvalue weighted by Gasteiger charge is 2.04. The average Bonchev–Trinajstić information content (AvgIpc) is 2.37. The van der Waals surface area contributed by atoms with Gasteiger partial charge in [-0.25, -0.2) is 0 Å². The number of hydrogen-bond donors (Lipinski definition) is 2. The van der Waals surface area contributed by atoms with E-state index >= 15 is 0 Å². The Labute approximate surface area is 111 Å². The highest BCUT2D eigenvalue weighted by molar-refractivity contribution is 5.58. The maximum atomic E-state index is 9.85.